The van der Waals surface area contributed by atoms with Crippen LogP contribution >= 0.6 is 31.9 Å². The van der Waals surface area contributed by atoms with E-state index in [-0.39, 0.29) is 0 Å². The first-order valence-corrected chi connectivity index (χ1v) is 21.6. The van der Waals surface area contributed by atoms with E-state index in [1.807, 2.05) is 76.2 Å². The molecule has 12 heteroatoms. The summed E-state index contributed by atoms with van der Waals surface area (Å²) in [6.45, 7) is 12.9. The molecule has 0 aliphatic heterocycles. The van der Waals surface area contributed by atoms with E-state index < -0.39 is 0 Å². The first-order chi connectivity index (χ1) is 28.3. The fraction of sp³-hybridized carbons (Fsp3) is 0.435. The average molecular weight is 927 g/mol. The van der Waals surface area contributed by atoms with E-state index in [4.69, 9.17) is 37.9 Å². The van der Waals surface area contributed by atoms with Crippen molar-refractivity contribution in [1.82, 2.24) is 0 Å². The molecule has 5 rings (SSSR count). The molecule has 4 aromatic carbocycles. The maximum absolute atomic E-state index is 12.6. The maximum Gasteiger partial charge on any atom is 0.150 e. The van der Waals surface area contributed by atoms with Gasteiger partial charge in [0.15, 0.2) is 0 Å². The second-order valence-corrected chi connectivity index (χ2v) is 15.4. The predicted molar refractivity (Wildman–Crippen MR) is 231 cm³/mol. The summed E-state index contributed by atoms with van der Waals surface area (Å²) >= 11 is 7.59. The molecule has 0 saturated carbocycles. The minimum Gasteiger partial charge on any atom is -0.491 e. The van der Waals surface area contributed by atoms with Crippen LogP contribution in [0.3, 0.4) is 0 Å². The third-order valence-electron chi connectivity index (χ3n) is 9.45. The molecule has 312 valence electrons. The molecule has 0 heterocycles. The second-order valence-electron chi connectivity index (χ2n) is 13.6. The Morgan fingerprint density at radius 3 is 0.828 bits per heavy atom. The van der Waals surface area contributed by atoms with Crippen LogP contribution in [-0.4, -0.2) is 91.9 Å². The molecule has 0 fully saturated rings. The van der Waals surface area contributed by atoms with Crippen molar-refractivity contribution in [3.05, 3.63) is 113 Å². The summed E-state index contributed by atoms with van der Waals surface area (Å²) < 4.78 is 50.9. The Hall–Kier alpha value is -3.78. The van der Waals surface area contributed by atoms with Crippen molar-refractivity contribution < 1.29 is 47.5 Å². The van der Waals surface area contributed by atoms with E-state index in [1.165, 1.54) is 0 Å². The number of carbonyl (C=O) groups excluding carboxylic acids is 2. The zero-order chi connectivity index (χ0) is 41.3. The van der Waals surface area contributed by atoms with Gasteiger partial charge in [0.1, 0.15) is 62.0 Å². The molecule has 0 saturated heterocycles. The van der Waals surface area contributed by atoms with Crippen LogP contribution in [0.5, 0.6) is 23.0 Å². The van der Waals surface area contributed by atoms with Crippen LogP contribution in [0, 0.1) is 0 Å². The smallest absolute Gasteiger partial charge is 0.150 e. The summed E-state index contributed by atoms with van der Waals surface area (Å²) in [5.74, 6) is 2.72. The summed E-state index contributed by atoms with van der Waals surface area (Å²) in [7, 11) is 0. The fourth-order valence-corrected chi connectivity index (χ4v) is 8.23. The zero-order valence-electron chi connectivity index (χ0n) is 33.9. The first-order valence-electron chi connectivity index (χ1n) is 20.0. The van der Waals surface area contributed by atoms with Crippen LogP contribution in [0.25, 0.3) is 0 Å². The predicted octanol–water partition coefficient (Wildman–Crippen LogP) is 9.17. The van der Waals surface area contributed by atoms with Gasteiger partial charge >= 0.3 is 0 Å². The molecular weight excluding hydrogens is 872 g/mol. The Morgan fingerprint density at radius 1 is 0.397 bits per heavy atom. The molecule has 58 heavy (non-hydrogen) atoms. The van der Waals surface area contributed by atoms with Crippen molar-refractivity contribution in [2.24, 2.45) is 0 Å². The normalized spacial score (nSPS) is 12.2. The van der Waals surface area contributed by atoms with Crippen molar-refractivity contribution in [2.45, 2.75) is 53.4 Å². The van der Waals surface area contributed by atoms with Crippen molar-refractivity contribution in [2.75, 3.05) is 79.3 Å². The number of hydrogen-bond acceptors (Lipinski definition) is 10. The third kappa shape index (κ3) is 12.6. The van der Waals surface area contributed by atoms with Gasteiger partial charge in [0.25, 0.3) is 0 Å². The van der Waals surface area contributed by atoms with Gasteiger partial charge in [-0.3, -0.25) is 9.59 Å². The van der Waals surface area contributed by atoms with Crippen LogP contribution in [0.1, 0.15) is 92.9 Å². The lowest BCUT2D eigenvalue weighted by Gasteiger charge is -2.24. The summed E-state index contributed by atoms with van der Waals surface area (Å²) in [6, 6.07) is 15.7. The van der Waals surface area contributed by atoms with Crippen LogP contribution in [0.2, 0.25) is 0 Å². The lowest BCUT2D eigenvalue weighted by Crippen LogP contribution is -2.14. The van der Waals surface area contributed by atoms with Crippen molar-refractivity contribution in [1.29, 1.82) is 0 Å². The van der Waals surface area contributed by atoms with E-state index in [1.54, 1.807) is 0 Å². The zero-order valence-corrected chi connectivity index (χ0v) is 37.1. The maximum atomic E-state index is 12.6. The minimum absolute atomic E-state index is 0.316. The highest BCUT2D eigenvalue weighted by molar-refractivity contribution is 9.10. The van der Waals surface area contributed by atoms with Gasteiger partial charge in [-0.15, -0.1) is 0 Å². The quantitative estimate of drug-likeness (QED) is 0.0493. The highest BCUT2D eigenvalue weighted by atomic mass is 79.9. The molecule has 1 aliphatic carbocycles. The van der Waals surface area contributed by atoms with Gasteiger partial charge in [-0.25, -0.2) is 0 Å². The van der Waals surface area contributed by atoms with Crippen molar-refractivity contribution in [3.8, 4) is 23.0 Å². The van der Waals surface area contributed by atoms with Gasteiger partial charge in [-0.2, -0.15) is 0 Å². The van der Waals surface area contributed by atoms with Crippen LogP contribution in [0.15, 0.2) is 57.5 Å². The highest BCUT2D eigenvalue weighted by Crippen LogP contribution is 2.41. The molecule has 0 aromatic heterocycles. The number of ether oxygens (including phenoxy) is 8. The Kier molecular flexibility index (Phi) is 18.5. The van der Waals surface area contributed by atoms with Gasteiger partial charge < -0.3 is 37.9 Å². The largest absolute Gasteiger partial charge is 0.491 e. The monoisotopic (exact) mass is 924 g/mol. The van der Waals surface area contributed by atoms with Gasteiger partial charge in [0.2, 0.25) is 0 Å². The molecular formula is C46H54Br2O10. The topological polar surface area (TPSA) is 108 Å². The Labute approximate surface area is 359 Å². The molecule has 0 unspecified atom stereocenters. The molecule has 1 aliphatic rings. The van der Waals surface area contributed by atoms with E-state index >= 15 is 0 Å². The summed E-state index contributed by atoms with van der Waals surface area (Å²) in [6.07, 6.45) is 3.28. The van der Waals surface area contributed by atoms with Crippen molar-refractivity contribution >= 4 is 44.4 Å². The fourth-order valence-electron chi connectivity index (χ4n) is 7.12. The molecule has 8 bridgehead atoms. The standard InChI is InChI=1S/C46H54Br2O10/c1-5-51-9-13-55-43-33-17-31(29-49)18-34(43)22-38-26-42(48)28-40(46(38)58-16-12-54-8-4)24-36-20-32(30-50)19-35(44(36)56-14-10-52-6-2)23-39-27-41(47)25-37(21-33)45(39)57-15-11-53-7-3/h17-20,25-30H,5-16,21-24H2,1-4H3. The van der Waals surface area contributed by atoms with Gasteiger partial charge in [0.05, 0.1) is 26.4 Å². The molecule has 0 spiro atoms. The van der Waals surface area contributed by atoms with E-state index in [2.05, 4.69) is 31.9 Å². The Balaban J connectivity index is 1.81. The molecule has 0 amide bonds. The van der Waals surface area contributed by atoms with E-state index in [0.29, 0.717) is 139 Å². The van der Waals surface area contributed by atoms with E-state index in [9.17, 15) is 9.59 Å². The van der Waals surface area contributed by atoms with Crippen molar-refractivity contribution in [3.63, 3.8) is 0 Å². The number of halogens is 2. The Morgan fingerprint density at radius 2 is 0.621 bits per heavy atom. The molecule has 0 atom stereocenters. The molecule has 0 N–H and O–H groups in total. The number of rotatable bonds is 22. The van der Waals surface area contributed by atoms with Crippen LogP contribution in [0.4, 0.5) is 0 Å². The number of hydrogen-bond donors (Lipinski definition) is 0. The summed E-state index contributed by atoms with van der Waals surface area (Å²) in [5.41, 5.74) is 7.86. The van der Waals surface area contributed by atoms with Gasteiger partial charge in [-0.1, -0.05) is 31.9 Å². The number of benzene rings is 4. The average Bonchev–Trinajstić information content (AvgIpc) is 3.20. The second kappa shape index (κ2) is 23.7. The summed E-state index contributed by atoms with van der Waals surface area (Å²) in [5, 5.41) is 0. The van der Waals surface area contributed by atoms with Gasteiger partial charge in [0, 0.05) is 94.4 Å². The lowest BCUT2D eigenvalue weighted by atomic mass is 9.90. The van der Waals surface area contributed by atoms with Crippen LogP contribution < -0.4 is 18.9 Å². The minimum atomic E-state index is 0.316. The highest BCUT2D eigenvalue weighted by Gasteiger charge is 2.24. The SMILES string of the molecule is CCOCCOc1c2cc(Br)cc1Cc1cc(C=O)cc(c1OCCOCC)Cc1cc(Br)cc(c1OCCOCC)Cc1cc(C=O)cc(c1OCCOCC)C2. The first kappa shape index (κ1) is 45.3. The third-order valence-corrected chi connectivity index (χ3v) is 10.4. The number of fused-ring (bicyclic) bond motifs is 8. The number of aldehydes is 2. The van der Waals surface area contributed by atoms with Crippen LogP contribution in [-0.2, 0) is 44.6 Å². The number of carbonyl (C=O) groups is 2. The van der Waals surface area contributed by atoms with E-state index in [0.717, 1.165) is 66.0 Å². The van der Waals surface area contributed by atoms with Gasteiger partial charge in [-0.05, 0) is 98.5 Å². The Bertz CT molecular complexity index is 1740. The molecule has 4 aromatic rings. The molecule has 10 nitrogen and oxygen atoms in total. The molecule has 0 radical (unpaired) electrons. The summed E-state index contributed by atoms with van der Waals surface area (Å²) in [4.78, 5) is 25.2. The lowest BCUT2D eigenvalue weighted by molar-refractivity contribution is 0.108.